The smallest absolute Gasteiger partial charge is 0.418 e. The Bertz CT molecular complexity index is 551. The molecule has 22 heavy (non-hydrogen) atoms. The fraction of sp³-hybridized carbons (Fsp3) is 0.462. The van der Waals surface area contributed by atoms with Gasteiger partial charge in [0.1, 0.15) is 0 Å². The van der Waals surface area contributed by atoms with E-state index >= 15 is 0 Å². The summed E-state index contributed by atoms with van der Waals surface area (Å²) in [6, 6.07) is 1.17. The molecule has 0 radical (unpaired) electrons. The first-order valence-electron chi connectivity index (χ1n) is 6.14. The van der Waals surface area contributed by atoms with Crippen LogP contribution in [0.25, 0.3) is 0 Å². The highest BCUT2D eigenvalue weighted by Gasteiger charge is 2.47. The summed E-state index contributed by atoms with van der Waals surface area (Å²) in [7, 11) is 0. The molecule has 0 N–H and O–H groups in total. The van der Waals surface area contributed by atoms with Crippen molar-refractivity contribution in [3.63, 3.8) is 0 Å². The van der Waals surface area contributed by atoms with Crippen molar-refractivity contribution in [2.24, 2.45) is 0 Å². The molecule has 0 unspecified atom stereocenters. The van der Waals surface area contributed by atoms with Crippen LogP contribution >= 0.6 is 11.6 Å². The maximum absolute atomic E-state index is 13.0. The molecule has 1 aromatic rings. The number of unbranched alkanes of at least 4 members (excludes halogenated alkanes) is 1. The Morgan fingerprint density at radius 2 is 1.64 bits per heavy atom. The molecular weight excluding hydrogens is 338 g/mol. The lowest BCUT2D eigenvalue weighted by molar-refractivity contribution is -0.162. The molecule has 0 saturated carbocycles. The molecule has 0 bridgehead atoms. The average Bonchev–Trinajstić information content (AvgIpc) is 2.35. The van der Waals surface area contributed by atoms with Gasteiger partial charge in [0.25, 0.3) is 0 Å². The van der Waals surface area contributed by atoms with Gasteiger partial charge in [0.2, 0.25) is 0 Å². The van der Waals surface area contributed by atoms with Crippen LogP contribution in [0, 0.1) is 0 Å². The van der Waals surface area contributed by atoms with Gasteiger partial charge in [-0.3, -0.25) is 0 Å². The van der Waals surface area contributed by atoms with Gasteiger partial charge in [-0.15, -0.1) is 0 Å². The van der Waals surface area contributed by atoms with Crippen LogP contribution in [0.2, 0.25) is 5.02 Å². The quantitative estimate of drug-likeness (QED) is 0.417. The van der Waals surface area contributed by atoms with E-state index in [-0.39, 0.29) is 6.61 Å². The van der Waals surface area contributed by atoms with E-state index in [0.29, 0.717) is 25.0 Å². The van der Waals surface area contributed by atoms with Crippen molar-refractivity contribution in [1.29, 1.82) is 0 Å². The molecule has 124 valence electrons. The predicted molar refractivity (Wildman–Crippen MR) is 66.6 cm³/mol. The van der Waals surface area contributed by atoms with Gasteiger partial charge in [-0.05, 0) is 18.6 Å². The van der Waals surface area contributed by atoms with Gasteiger partial charge in [0.05, 0.1) is 28.3 Å². The molecule has 0 aliphatic rings. The van der Waals surface area contributed by atoms with Crippen LogP contribution in [-0.2, 0) is 17.1 Å². The van der Waals surface area contributed by atoms with Gasteiger partial charge in [0.15, 0.2) is 0 Å². The van der Waals surface area contributed by atoms with Gasteiger partial charge < -0.3 is 4.74 Å². The maximum Gasteiger partial charge on any atom is 0.418 e. The Morgan fingerprint density at radius 1 is 1.09 bits per heavy atom. The molecule has 0 aromatic heterocycles. The van der Waals surface area contributed by atoms with Crippen molar-refractivity contribution >= 4 is 17.6 Å². The topological polar surface area (TPSA) is 26.3 Å². The van der Waals surface area contributed by atoms with Crippen LogP contribution in [-0.4, -0.2) is 12.6 Å². The fourth-order valence-corrected chi connectivity index (χ4v) is 1.97. The lowest BCUT2D eigenvalue weighted by Gasteiger charge is -2.19. The van der Waals surface area contributed by atoms with Crippen molar-refractivity contribution in [3.8, 4) is 0 Å². The summed E-state index contributed by atoms with van der Waals surface area (Å²) in [5.41, 5.74) is -5.43. The average molecular weight is 349 g/mol. The number of halogens is 7. The zero-order valence-corrected chi connectivity index (χ0v) is 12.0. The van der Waals surface area contributed by atoms with Crippen LogP contribution < -0.4 is 0 Å². The Kier molecular flexibility index (Phi) is 5.72. The summed E-state index contributed by atoms with van der Waals surface area (Å²) < 4.78 is 82.1. The molecule has 1 rings (SSSR count). The minimum absolute atomic E-state index is 0.184. The molecule has 1 aromatic carbocycles. The highest BCUT2D eigenvalue weighted by Crippen LogP contribution is 2.45. The Hall–Kier alpha value is -1.44. The second-order valence-corrected chi connectivity index (χ2v) is 4.74. The first-order chi connectivity index (χ1) is 10.00. The number of esters is 1. The van der Waals surface area contributed by atoms with Crippen LogP contribution in [0.15, 0.2) is 12.1 Å². The molecule has 2 nitrogen and oxygen atoms in total. The normalized spacial score (nSPS) is 12.4. The fourth-order valence-electron chi connectivity index (χ4n) is 1.71. The Morgan fingerprint density at radius 3 is 2.09 bits per heavy atom. The first kappa shape index (κ1) is 18.6. The van der Waals surface area contributed by atoms with Crippen molar-refractivity contribution in [2.45, 2.75) is 32.1 Å². The molecule has 0 saturated heterocycles. The standard InChI is InChI=1S/C13H11ClF6O2/c1-2-3-6-22-11(21)7-4-5-8(14)10(13(18,19)20)9(7)12(15,16)17/h4-5H,2-3,6H2,1H3. The van der Waals surface area contributed by atoms with Gasteiger partial charge in [-0.25, -0.2) is 4.79 Å². The van der Waals surface area contributed by atoms with Crippen molar-refractivity contribution in [1.82, 2.24) is 0 Å². The molecular formula is C13H11ClF6O2. The van der Waals surface area contributed by atoms with Crippen molar-refractivity contribution in [2.75, 3.05) is 6.61 Å². The minimum Gasteiger partial charge on any atom is -0.462 e. The van der Waals surface area contributed by atoms with Crippen molar-refractivity contribution in [3.05, 3.63) is 33.8 Å². The zero-order chi connectivity index (χ0) is 17.1. The lowest BCUT2D eigenvalue weighted by atomic mass is 9.99. The molecule has 0 atom stereocenters. The van der Waals surface area contributed by atoms with E-state index < -0.39 is 40.0 Å². The lowest BCUT2D eigenvalue weighted by Crippen LogP contribution is -2.22. The molecule has 0 fully saturated rings. The first-order valence-corrected chi connectivity index (χ1v) is 6.52. The monoisotopic (exact) mass is 348 g/mol. The minimum atomic E-state index is -5.41. The number of carbonyl (C=O) groups excluding carboxylic acids is 1. The van der Waals surface area contributed by atoms with Crippen molar-refractivity contribution < 1.29 is 35.9 Å². The SMILES string of the molecule is CCCCOC(=O)c1ccc(Cl)c(C(F)(F)F)c1C(F)(F)F. The van der Waals surface area contributed by atoms with E-state index in [9.17, 15) is 31.1 Å². The molecule has 0 heterocycles. The third-order valence-electron chi connectivity index (χ3n) is 2.67. The van der Waals surface area contributed by atoms with Crippen LogP contribution in [0.1, 0.15) is 41.3 Å². The van der Waals surface area contributed by atoms with E-state index in [2.05, 4.69) is 4.74 Å². The number of ether oxygens (including phenoxy) is 1. The van der Waals surface area contributed by atoms with E-state index in [1.54, 1.807) is 6.92 Å². The van der Waals surface area contributed by atoms with E-state index in [1.165, 1.54) is 0 Å². The molecule has 0 amide bonds. The summed E-state index contributed by atoms with van der Waals surface area (Å²) in [5, 5.41) is -1.13. The maximum atomic E-state index is 13.0. The number of hydrogen-bond acceptors (Lipinski definition) is 2. The largest absolute Gasteiger partial charge is 0.462 e. The Balaban J connectivity index is 3.44. The number of carbonyl (C=O) groups is 1. The second-order valence-electron chi connectivity index (χ2n) is 4.33. The highest BCUT2D eigenvalue weighted by atomic mass is 35.5. The zero-order valence-electron chi connectivity index (χ0n) is 11.2. The summed E-state index contributed by atoms with van der Waals surface area (Å²) >= 11 is 5.25. The van der Waals surface area contributed by atoms with Gasteiger partial charge >= 0.3 is 18.3 Å². The highest BCUT2D eigenvalue weighted by molar-refractivity contribution is 6.31. The number of alkyl halides is 6. The van der Waals surface area contributed by atoms with Crippen LogP contribution in [0.4, 0.5) is 26.3 Å². The molecule has 0 aliphatic heterocycles. The number of benzene rings is 1. The predicted octanol–water partition coefficient (Wildman–Crippen LogP) is 5.33. The van der Waals surface area contributed by atoms with Gasteiger partial charge in [0, 0.05) is 0 Å². The Labute approximate surface area is 127 Å². The van der Waals surface area contributed by atoms with E-state index in [0.717, 1.165) is 0 Å². The van der Waals surface area contributed by atoms with E-state index in [1.807, 2.05) is 0 Å². The second kappa shape index (κ2) is 6.76. The van der Waals surface area contributed by atoms with Crippen LogP contribution in [0.5, 0.6) is 0 Å². The third kappa shape index (κ3) is 4.28. The third-order valence-corrected chi connectivity index (χ3v) is 2.99. The van der Waals surface area contributed by atoms with Gasteiger partial charge in [-0.1, -0.05) is 24.9 Å². The van der Waals surface area contributed by atoms with Crippen LogP contribution in [0.3, 0.4) is 0 Å². The summed E-state index contributed by atoms with van der Waals surface area (Å²) in [6.07, 6.45) is -9.78. The number of hydrogen-bond donors (Lipinski definition) is 0. The molecule has 0 spiro atoms. The molecule has 0 aliphatic carbocycles. The number of rotatable bonds is 4. The summed E-state index contributed by atoms with van der Waals surface area (Å²) in [6.45, 7) is 1.57. The van der Waals surface area contributed by atoms with Gasteiger partial charge in [-0.2, -0.15) is 26.3 Å². The van der Waals surface area contributed by atoms with E-state index in [4.69, 9.17) is 11.6 Å². The summed E-state index contributed by atoms with van der Waals surface area (Å²) in [5.74, 6) is -1.47. The molecule has 9 heteroatoms. The summed E-state index contributed by atoms with van der Waals surface area (Å²) in [4.78, 5) is 11.6.